The number of rotatable bonds is 10. The molecule has 0 radical (unpaired) electrons. The summed E-state index contributed by atoms with van der Waals surface area (Å²) in [4.78, 5) is 36.4. The third kappa shape index (κ3) is 7.54. The smallest absolute Gasteiger partial charge is 0.308 e. The molecule has 2 aromatic carbocycles. The van der Waals surface area contributed by atoms with Crippen molar-refractivity contribution in [1.82, 2.24) is 10.6 Å². The van der Waals surface area contributed by atoms with Gasteiger partial charge in [0.2, 0.25) is 11.8 Å². The number of ether oxygens (including phenoxy) is 1. The Bertz CT molecular complexity index is 878. The molecule has 2 aromatic rings. The zero-order valence-corrected chi connectivity index (χ0v) is 17.4. The molecule has 0 fully saturated rings. The van der Waals surface area contributed by atoms with Gasteiger partial charge >= 0.3 is 5.97 Å². The van der Waals surface area contributed by atoms with Gasteiger partial charge in [0, 0.05) is 6.54 Å². The molecule has 158 valence electrons. The van der Waals surface area contributed by atoms with Gasteiger partial charge in [-0.15, -0.1) is 0 Å². The third-order valence-electron chi connectivity index (χ3n) is 4.38. The summed E-state index contributed by atoms with van der Waals surface area (Å²) in [5.41, 5.74) is 2.48. The van der Waals surface area contributed by atoms with Crippen LogP contribution in [0.25, 0.3) is 0 Å². The largest absolute Gasteiger partial charge is 0.463 e. The summed E-state index contributed by atoms with van der Waals surface area (Å²) < 4.78 is 5.25. The number of carbonyl (C=O) groups excluding carboxylic acids is 3. The molecule has 0 bridgehead atoms. The van der Waals surface area contributed by atoms with Crippen LogP contribution in [-0.2, 0) is 32.1 Å². The van der Waals surface area contributed by atoms with Gasteiger partial charge in [-0.2, -0.15) is 0 Å². The molecular weight excluding hydrogens is 380 g/mol. The molecule has 30 heavy (non-hydrogen) atoms. The van der Waals surface area contributed by atoms with Crippen LogP contribution in [0, 0.1) is 0 Å². The van der Waals surface area contributed by atoms with Crippen molar-refractivity contribution in [1.29, 1.82) is 0 Å². The quantitative estimate of drug-likeness (QED) is 0.467. The van der Waals surface area contributed by atoms with Gasteiger partial charge < -0.3 is 15.4 Å². The van der Waals surface area contributed by atoms with Gasteiger partial charge in [0.25, 0.3) is 0 Å². The van der Waals surface area contributed by atoms with Gasteiger partial charge in [-0.1, -0.05) is 61.2 Å². The van der Waals surface area contributed by atoms with Gasteiger partial charge in [0.05, 0.1) is 25.0 Å². The van der Waals surface area contributed by atoms with Gasteiger partial charge in [0.15, 0.2) is 0 Å². The maximum absolute atomic E-state index is 12.8. The molecule has 1 unspecified atom stereocenters. The maximum atomic E-state index is 12.8. The number of carbonyl (C=O) groups is 3. The highest BCUT2D eigenvalue weighted by molar-refractivity contribution is 5.86. The monoisotopic (exact) mass is 408 g/mol. The van der Waals surface area contributed by atoms with Gasteiger partial charge in [-0.25, -0.2) is 0 Å². The van der Waals surface area contributed by atoms with Crippen molar-refractivity contribution in [3.05, 3.63) is 83.9 Å². The number of amides is 2. The predicted octanol–water partition coefficient (Wildman–Crippen LogP) is 3.23. The van der Waals surface area contributed by atoms with E-state index in [-0.39, 0.29) is 36.7 Å². The molecule has 1 atom stereocenters. The van der Waals surface area contributed by atoms with Gasteiger partial charge in [-0.05, 0) is 36.6 Å². The molecule has 2 rings (SSSR count). The van der Waals surface area contributed by atoms with Crippen molar-refractivity contribution in [2.75, 3.05) is 0 Å². The fourth-order valence-corrected chi connectivity index (χ4v) is 2.99. The summed E-state index contributed by atoms with van der Waals surface area (Å²) >= 11 is 0. The Morgan fingerprint density at radius 2 is 1.63 bits per heavy atom. The molecule has 0 aliphatic carbocycles. The van der Waals surface area contributed by atoms with Crippen molar-refractivity contribution in [2.45, 2.75) is 45.4 Å². The minimum absolute atomic E-state index is 0.0466. The van der Waals surface area contributed by atoms with Crippen LogP contribution in [0.2, 0.25) is 0 Å². The van der Waals surface area contributed by atoms with E-state index < -0.39 is 6.04 Å². The van der Waals surface area contributed by atoms with Crippen molar-refractivity contribution in [3.63, 3.8) is 0 Å². The Morgan fingerprint density at radius 1 is 1.00 bits per heavy atom. The summed E-state index contributed by atoms with van der Waals surface area (Å²) in [6, 6.07) is 16.3. The lowest BCUT2D eigenvalue weighted by Crippen LogP contribution is -2.32. The Hall–Kier alpha value is -3.41. The van der Waals surface area contributed by atoms with Crippen LogP contribution in [0.15, 0.2) is 67.3 Å². The Kier molecular flexibility index (Phi) is 8.81. The second kappa shape index (κ2) is 11.6. The number of esters is 1. The first-order chi connectivity index (χ1) is 14.4. The van der Waals surface area contributed by atoms with Gasteiger partial charge in [0.1, 0.15) is 0 Å². The second-order valence-electron chi connectivity index (χ2n) is 7.14. The molecule has 0 heterocycles. The first kappa shape index (κ1) is 22.9. The van der Waals surface area contributed by atoms with Crippen LogP contribution >= 0.6 is 0 Å². The molecule has 0 saturated heterocycles. The van der Waals surface area contributed by atoms with E-state index in [0.717, 1.165) is 16.7 Å². The molecule has 2 N–H and O–H groups in total. The highest BCUT2D eigenvalue weighted by Gasteiger charge is 2.20. The molecule has 6 heteroatoms. The summed E-state index contributed by atoms with van der Waals surface area (Å²) in [7, 11) is 0. The summed E-state index contributed by atoms with van der Waals surface area (Å²) in [5.74, 6) is -0.863. The molecule has 0 aliphatic rings. The lowest BCUT2D eigenvalue weighted by Gasteiger charge is -2.20. The van der Waals surface area contributed by atoms with Crippen molar-refractivity contribution in [2.24, 2.45) is 0 Å². The van der Waals surface area contributed by atoms with Crippen molar-refractivity contribution < 1.29 is 19.1 Å². The van der Waals surface area contributed by atoms with E-state index >= 15 is 0 Å². The fourth-order valence-electron chi connectivity index (χ4n) is 2.99. The lowest BCUT2D eigenvalue weighted by molar-refractivity contribution is -0.148. The van der Waals surface area contributed by atoms with E-state index in [1.54, 1.807) is 13.8 Å². The topological polar surface area (TPSA) is 84.5 Å². The highest BCUT2D eigenvalue weighted by Crippen LogP contribution is 2.18. The van der Waals surface area contributed by atoms with E-state index in [1.165, 1.54) is 6.08 Å². The predicted molar refractivity (Wildman–Crippen MR) is 115 cm³/mol. The number of benzene rings is 2. The molecule has 0 saturated carbocycles. The second-order valence-corrected chi connectivity index (χ2v) is 7.14. The van der Waals surface area contributed by atoms with Crippen LogP contribution < -0.4 is 10.6 Å². The van der Waals surface area contributed by atoms with E-state index in [9.17, 15) is 14.4 Å². The summed E-state index contributed by atoms with van der Waals surface area (Å²) in [5, 5.41) is 5.67. The minimum Gasteiger partial charge on any atom is -0.463 e. The Balaban J connectivity index is 2.10. The van der Waals surface area contributed by atoms with E-state index in [1.807, 2.05) is 54.6 Å². The Morgan fingerprint density at radius 3 is 2.27 bits per heavy atom. The zero-order chi connectivity index (χ0) is 21.9. The summed E-state index contributed by atoms with van der Waals surface area (Å²) in [6.07, 6.45) is 1.16. The summed E-state index contributed by atoms with van der Waals surface area (Å²) in [6.45, 7) is 7.31. The average molecular weight is 408 g/mol. The number of hydrogen-bond acceptors (Lipinski definition) is 4. The first-order valence-electron chi connectivity index (χ1n) is 9.90. The Labute approximate surface area is 177 Å². The molecular formula is C24H28N2O4. The molecule has 0 aromatic heterocycles. The fraction of sp³-hybridized carbons (Fsp3) is 0.292. The third-order valence-corrected chi connectivity index (χ3v) is 4.38. The van der Waals surface area contributed by atoms with E-state index in [4.69, 9.17) is 4.74 Å². The van der Waals surface area contributed by atoms with Crippen LogP contribution in [0.3, 0.4) is 0 Å². The minimum atomic E-state index is -0.488. The standard InChI is InChI=1S/C24H28N2O4/c1-4-22(27)25-16-20-13-9-8-12-19(20)14-23(28)26-21(15-24(29)30-17(2)3)18-10-6-5-7-11-18/h4-13,17,21H,1,14-16H2,2-3H3,(H,25,27)(H,26,28). The van der Waals surface area contributed by atoms with E-state index in [0.29, 0.717) is 6.54 Å². The number of nitrogens with one attached hydrogen (secondary N) is 2. The maximum Gasteiger partial charge on any atom is 0.308 e. The van der Waals surface area contributed by atoms with Crippen LogP contribution in [-0.4, -0.2) is 23.9 Å². The van der Waals surface area contributed by atoms with Crippen molar-refractivity contribution in [3.8, 4) is 0 Å². The van der Waals surface area contributed by atoms with E-state index in [2.05, 4.69) is 17.2 Å². The van der Waals surface area contributed by atoms with Crippen molar-refractivity contribution >= 4 is 17.8 Å². The molecule has 6 nitrogen and oxygen atoms in total. The molecule has 0 aliphatic heterocycles. The van der Waals surface area contributed by atoms with Gasteiger partial charge in [-0.3, -0.25) is 14.4 Å². The van der Waals surface area contributed by atoms with Crippen LogP contribution in [0.5, 0.6) is 0 Å². The number of hydrogen-bond donors (Lipinski definition) is 2. The molecule has 0 spiro atoms. The average Bonchev–Trinajstić information content (AvgIpc) is 2.72. The zero-order valence-electron chi connectivity index (χ0n) is 17.4. The first-order valence-corrected chi connectivity index (χ1v) is 9.90. The molecule has 2 amide bonds. The normalized spacial score (nSPS) is 11.4. The lowest BCUT2D eigenvalue weighted by atomic mass is 10.0. The van der Waals surface area contributed by atoms with Crippen LogP contribution in [0.1, 0.15) is 43.0 Å². The van der Waals surface area contributed by atoms with Crippen LogP contribution in [0.4, 0.5) is 0 Å². The highest BCUT2D eigenvalue weighted by atomic mass is 16.5. The SMILES string of the molecule is C=CC(=O)NCc1ccccc1CC(=O)NC(CC(=O)OC(C)C)c1ccccc1.